The fourth-order valence-corrected chi connectivity index (χ4v) is 3.76. The quantitative estimate of drug-likeness (QED) is 0.537. The Morgan fingerprint density at radius 2 is 1.84 bits per heavy atom. The summed E-state index contributed by atoms with van der Waals surface area (Å²) >= 11 is 0. The van der Waals surface area contributed by atoms with Gasteiger partial charge in [0.15, 0.2) is 14.9 Å². The number of halogens is 4. The second kappa shape index (κ2) is 11.8. The highest BCUT2D eigenvalue weighted by molar-refractivity contribution is 7.90. The van der Waals surface area contributed by atoms with E-state index in [-0.39, 0.29) is 61.2 Å². The second-order valence-corrected chi connectivity index (χ2v) is 8.77. The number of aromatic nitrogens is 3. The molecule has 3 aromatic rings. The van der Waals surface area contributed by atoms with Gasteiger partial charge in [-0.25, -0.2) is 17.8 Å². The van der Waals surface area contributed by atoms with Gasteiger partial charge in [-0.05, 0) is 43.7 Å². The number of allylic oxidation sites excluding steroid dienone is 1. The Labute approximate surface area is 200 Å². The number of aryl methyl sites for hydroxylation is 1. The summed E-state index contributed by atoms with van der Waals surface area (Å²) in [6, 6.07) is 7.09. The number of hydrogen-bond acceptors (Lipinski definition) is 5. The summed E-state index contributed by atoms with van der Waals surface area (Å²) in [5.74, 6) is -0.297. The average Bonchev–Trinajstić information content (AvgIpc) is 2.87. The number of sulfone groups is 1. The fourth-order valence-electron chi connectivity index (χ4n) is 3.20. The number of hydrogen-bond donors (Lipinski definition) is 1. The summed E-state index contributed by atoms with van der Waals surface area (Å²) in [7, 11) is -3.34. The van der Waals surface area contributed by atoms with Crippen molar-refractivity contribution in [3.8, 4) is 0 Å². The molecular formula is C20H26Cl3FN4O2S. The van der Waals surface area contributed by atoms with E-state index < -0.39 is 9.84 Å². The second-order valence-electron chi connectivity index (χ2n) is 6.81. The lowest BCUT2D eigenvalue weighted by Gasteiger charge is -2.07. The van der Waals surface area contributed by atoms with Crippen LogP contribution in [0.4, 0.5) is 4.39 Å². The number of nitrogens with zero attached hydrogens (tertiary/aromatic N) is 3. The van der Waals surface area contributed by atoms with Crippen LogP contribution in [0.5, 0.6) is 0 Å². The zero-order valence-corrected chi connectivity index (χ0v) is 20.6. The van der Waals surface area contributed by atoms with Crippen LogP contribution in [0.15, 0.2) is 47.4 Å². The summed E-state index contributed by atoms with van der Waals surface area (Å²) < 4.78 is 39.2. The Morgan fingerprint density at radius 3 is 2.39 bits per heavy atom. The van der Waals surface area contributed by atoms with E-state index in [1.807, 2.05) is 30.5 Å². The van der Waals surface area contributed by atoms with Crippen LogP contribution in [-0.4, -0.2) is 35.8 Å². The molecular weight excluding hydrogens is 486 g/mol. The maximum Gasteiger partial charge on any atom is 0.192 e. The number of pyridine rings is 2. The Bertz CT molecular complexity index is 1160. The van der Waals surface area contributed by atoms with Gasteiger partial charge in [0.05, 0.1) is 17.6 Å². The lowest BCUT2D eigenvalue weighted by molar-refractivity contribution is 0.554. The van der Waals surface area contributed by atoms with E-state index in [0.717, 1.165) is 39.8 Å². The minimum absolute atomic E-state index is 0. The van der Waals surface area contributed by atoms with Crippen molar-refractivity contribution < 1.29 is 12.8 Å². The summed E-state index contributed by atoms with van der Waals surface area (Å²) in [5.41, 5.74) is 10.7. The topological polar surface area (TPSA) is 90.9 Å². The molecule has 11 heteroatoms. The molecule has 3 aromatic heterocycles. The molecule has 0 aliphatic rings. The largest absolute Gasteiger partial charge is 0.336 e. The van der Waals surface area contributed by atoms with Gasteiger partial charge in [0.1, 0.15) is 5.83 Å². The molecule has 0 radical (unpaired) electrons. The van der Waals surface area contributed by atoms with Crippen LogP contribution in [0.3, 0.4) is 0 Å². The zero-order valence-electron chi connectivity index (χ0n) is 17.3. The van der Waals surface area contributed by atoms with E-state index in [2.05, 4.69) is 9.97 Å². The summed E-state index contributed by atoms with van der Waals surface area (Å²) in [6.45, 7) is 4.08. The molecule has 0 saturated heterocycles. The van der Waals surface area contributed by atoms with Crippen molar-refractivity contribution in [2.75, 3.05) is 12.8 Å². The van der Waals surface area contributed by atoms with E-state index in [0.29, 0.717) is 6.42 Å². The monoisotopic (exact) mass is 510 g/mol. The maximum absolute atomic E-state index is 14.1. The van der Waals surface area contributed by atoms with Crippen molar-refractivity contribution in [2.24, 2.45) is 5.73 Å². The van der Waals surface area contributed by atoms with Crippen LogP contribution in [0.2, 0.25) is 0 Å². The molecule has 0 aromatic carbocycles. The molecule has 0 amide bonds. The first kappa shape index (κ1) is 29.3. The molecule has 0 aliphatic carbocycles. The summed E-state index contributed by atoms with van der Waals surface area (Å²) in [6.07, 6.45) is 4.57. The van der Waals surface area contributed by atoms with Crippen LogP contribution in [-0.2, 0) is 22.8 Å². The molecule has 172 valence electrons. The van der Waals surface area contributed by atoms with Gasteiger partial charge < -0.3 is 10.3 Å². The normalized spacial score (nSPS) is 11.5. The number of nitrogens with two attached hydrogens (primary N) is 1. The average molecular weight is 512 g/mol. The van der Waals surface area contributed by atoms with Crippen LogP contribution in [0.1, 0.15) is 22.5 Å². The van der Waals surface area contributed by atoms with Gasteiger partial charge in [-0.2, -0.15) is 0 Å². The molecule has 2 N–H and O–H groups in total. The van der Waals surface area contributed by atoms with Crippen LogP contribution < -0.4 is 5.73 Å². The third-order valence-corrected chi connectivity index (χ3v) is 5.64. The molecule has 31 heavy (non-hydrogen) atoms. The van der Waals surface area contributed by atoms with E-state index in [1.165, 1.54) is 12.1 Å². The van der Waals surface area contributed by atoms with E-state index in [1.54, 1.807) is 12.3 Å². The van der Waals surface area contributed by atoms with Crippen LogP contribution in [0.25, 0.3) is 11.0 Å². The van der Waals surface area contributed by atoms with Gasteiger partial charge in [-0.3, -0.25) is 4.98 Å². The van der Waals surface area contributed by atoms with Crippen molar-refractivity contribution in [1.82, 2.24) is 14.5 Å². The first-order valence-electron chi connectivity index (χ1n) is 8.85. The van der Waals surface area contributed by atoms with Gasteiger partial charge in [0, 0.05) is 42.4 Å². The Kier molecular flexibility index (Phi) is 11.1. The molecule has 3 rings (SSSR count). The first-order chi connectivity index (χ1) is 13.2. The Hall–Kier alpha value is -1.71. The minimum atomic E-state index is -3.34. The number of rotatable bonds is 6. The van der Waals surface area contributed by atoms with Crippen molar-refractivity contribution in [3.63, 3.8) is 0 Å². The predicted octanol–water partition coefficient (Wildman–Crippen LogP) is 4.12. The highest BCUT2D eigenvalue weighted by Crippen LogP contribution is 2.28. The third-order valence-electron chi connectivity index (χ3n) is 4.64. The van der Waals surface area contributed by atoms with Gasteiger partial charge in [0.2, 0.25) is 0 Å². The molecule has 0 fully saturated rings. The van der Waals surface area contributed by atoms with Crippen LogP contribution >= 0.6 is 37.2 Å². The molecule has 0 saturated carbocycles. The fraction of sp³-hybridized carbons (Fsp3) is 0.300. The first-order valence-corrected chi connectivity index (χ1v) is 10.7. The molecule has 0 bridgehead atoms. The maximum atomic E-state index is 14.1. The molecule has 0 aliphatic heterocycles. The highest BCUT2D eigenvalue weighted by Gasteiger charge is 2.17. The summed E-state index contributed by atoms with van der Waals surface area (Å²) in [4.78, 5) is 8.71. The Morgan fingerprint density at radius 1 is 1.16 bits per heavy atom. The number of fused-ring (bicyclic) bond motifs is 1. The molecule has 3 heterocycles. The van der Waals surface area contributed by atoms with Gasteiger partial charge in [-0.1, -0.05) is 6.07 Å². The lowest BCUT2D eigenvalue weighted by Crippen LogP contribution is -2.04. The van der Waals surface area contributed by atoms with Gasteiger partial charge in [-0.15, -0.1) is 37.2 Å². The molecule has 0 unspecified atom stereocenters. The molecule has 0 atom stereocenters. The van der Waals surface area contributed by atoms with E-state index in [4.69, 9.17) is 5.73 Å². The highest BCUT2D eigenvalue weighted by atomic mass is 35.5. The molecule has 0 spiro atoms. The van der Waals surface area contributed by atoms with Gasteiger partial charge in [0.25, 0.3) is 0 Å². The van der Waals surface area contributed by atoms with Crippen molar-refractivity contribution in [2.45, 2.75) is 31.8 Å². The Balaban J connectivity index is 0.00000300. The van der Waals surface area contributed by atoms with Gasteiger partial charge >= 0.3 is 0 Å². The summed E-state index contributed by atoms with van der Waals surface area (Å²) in [5, 5.41) is 0.0402. The standard InChI is InChI=1S/C20H23FN4O2S.3ClH/c1-13-4-6-18-20(24-13)17(14(2)25(18)12-16(21)8-9-22)10-15-5-7-19(23-11-15)28(3,26)27;;;/h4-8,11H,9-10,12,22H2,1-3H3;3*1H/b16-8-;;;. The zero-order chi connectivity index (χ0) is 20.5. The SMILES string of the molecule is Cc1ccc2c(n1)c(Cc1ccc(S(C)(=O)=O)nc1)c(C)n2C/C(F)=C/CN.Cl.Cl.Cl. The van der Waals surface area contributed by atoms with E-state index >= 15 is 0 Å². The smallest absolute Gasteiger partial charge is 0.192 e. The van der Waals surface area contributed by atoms with Crippen molar-refractivity contribution in [3.05, 3.63) is 64.9 Å². The third kappa shape index (κ3) is 6.63. The van der Waals surface area contributed by atoms with E-state index in [9.17, 15) is 12.8 Å². The predicted molar refractivity (Wildman–Crippen MR) is 129 cm³/mol. The minimum Gasteiger partial charge on any atom is -0.336 e. The molecule has 6 nitrogen and oxygen atoms in total. The van der Waals surface area contributed by atoms with Crippen LogP contribution in [0, 0.1) is 13.8 Å². The van der Waals surface area contributed by atoms with Crippen molar-refractivity contribution >= 4 is 58.1 Å². The lowest BCUT2D eigenvalue weighted by atomic mass is 10.1. The van der Waals surface area contributed by atoms with Crippen molar-refractivity contribution in [1.29, 1.82) is 0 Å².